The minimum absolute atomic E-state index is 0.0296. The number of aryl methyl sites for hydroxylation is 1. The van der Waals surface area contributed by atoms with Gasteiger partial charge in [0.05, 0.1) is 28.5 Å². The Labute approximate surface area is 202 Å². The topological polar surface area (TPSA) is 84.7 Å². The van der Waals surface area contributed by atoms with Crippen LogP contribution in [0.4, 0.5) is 0 Å². The van der Waals surface area contributed by atoms with Crippen LogP contribution < -0.4 is 11.1 Å². The molecular weight excluding hydrogens is 469 g/mol. The molecule has 0 radical (unpaired) electrons. The summed E-state index contributed by atoms with van der Waals surface area (Å²) < 4.78 is 5.81. The number of nitrogens with two attached hydrogens (primary N) is 1. The number of benzene rings is 2. The number of thioether (sulfide) groups is 1. The second kappa shape index (κ2) is 12.5. The molecule has 0 bridgehead atoms. The molecule has 2 amide bonds. The number of primary amides is 1. The number of nitrogens with zero attached hydrogens (tertiary/aromatic N) is 1. The molecular formula is C23H27Cl2N3O3S. The quantitative estimate of drug-likeness (QED) is 0.492. The van der Waals surface area contributed by atoms with Crippen molar-refractivity contribution in [3.8, 4) is 0 Å². The third kappa shape index (κ3) is 8.30. The summed E-state index contributed by atoms with van der Waals surface area (Å²) in [5.74, 6) is -0.00191. The molecule has 6 nitrogen and oxygen atoms in total. The normalized spacial score (nSPS) is 16.6. The molecule has 9 heteroatoms. The van der Waals surface area contributed by atoms with E-state index in [0.29, 0.717) is 41.8 Å². The molecule has 172 valence electrons. The molecule has 3 rings (SSSR count). The Morgan fingerprint density at radius 1 is 1.12 bits per heavy atom. The number of ether oxygens (including phenoxy) is 1. The maximum absolute atomic E-state index is 12.3. The van der Waals surface area contributed by atoms with Crippen molar-refractivity contribution < 1.29 is 14.3 Å². The van der Waals surface area contributed by atoms with E-state index in [9.17, 15) is 9.59 Å². The molecule has 3 N–H and O–H groups in total. The van der Waals surface area contributed by atoms with Crippen LogP contribution >= 0.6 is 35.0 Å². The number of morpholine rings is 1. The number of amides is 2. The average molecular weight is 496 g/mol. The SMILES string of the molecule is NC(=O)CCc1ccc(SCC(=O)NCC2CN(Cc3ccc(Cl)c(Cl)c3)CCO2)cc1. The van der Waals surface area contributed by atoms with Crippen LogP contribution in [0, 0.1) is 0 Å². The summed E-state index contributed by atoms with van der Waals surface area (Å²) in [6.07, 6.45) is 0.915. The highest BCUT2D eigenvalue weighted by Crippen LogP contribution is 2.24. The summed E-state index contributed by atoms with van der Waals surface area (Å²) in [7, 11) is 0. The lowest BCUT2D eigenvalue weighted by atomic mass is 10.1. The smallest absolute Gasteiger partial charge is 0.230 e. The zero-order chi connectivity index (χ0) is 22.9. The van der Waals surface area contributed by atoms with Crippen LogP contribution in [0.3, 0.4) is 0 Å². The van der Waals surface area contributed by atoms with Gasteiger partial charge < -0.3 is 15.8 Å². The number of rotatable bonds is 10. The highest BCUT2D eigenvalue weighted by molar-refractivity contribution is 8.00. The number of carbonyl (C=O) groups excluding carboxylic acids is 2. The van der Waals surface area contributed by atoms with Gasteiger partial charge in [0.1, 0.15) is 0 Å². The van der Waals surface area contributed by atoms with Crippen molar-refractivity contribution in [1.82, 2.24) is 10.2 Å². The lowest BCUT2D eigenvalue weighted by Crippen LogP contribution is -2.47. The monoisotopic (exact) mass is 495 g/mol. The van der Waals surface area contributed by atoms with Crippen molar-refractivity contribution >= 4 is 46.8 Å². The molecule has 1 atom stereocenters. The highest BCUT2D eigenvalue weighted by Gasteiger charge is 2.21. The van der Waals surface area contributed by atoms with Gasteiger partial charge in [0, 0.05) is 37.5 Å². The molecule has 0 aromatic heterocycles. The fourth-order valence-electron chi connectivity index (χ4n) is 3.39. The van der Waals surface area contributed by atoms with E-state index in [2.05, 4.69) is 10.2 Å². The van der Waals surface area contributed by atoms with Gasteiger partial charge in [0.25, 0.3) is 0 Å². The van der Waals surface area contributed by atoms with Gasteiger partial charge in [0.15, 0.2) is 0 Å². The Balaban J connectivity index is 1.37. The third-order valence-electron chi connectivity index (χ3n) is 5.09. The summed E-state index contributed by atoms with van der Waals surface area (Å²) >= 11 is 13.6. The molecule has 32 heavy (non-hydrogen) atoms. The fraction of sp³-hybridized carbons (Fsp3) is 0.391. The van der Waals surface area contributed by atoms with Gasteiger partial charge in [-0.3, -0.25) is 14.5 Å². The predicted octanol–water partition coefficient (Wildman–Crippen LogP) is 3.52. The van der Waals surface area contributed by atoms with Crippen LogP contribution in [0.5, 0.6) is 0 Å². The third-order valence-corrected chi connectivity index (χ3v) is 6.84. The van der Waals surface area contributed by atoms with Crippen LogP contribution in [0.25, 0.3) is 0 Å². The molecule has 1 saturated heterocycles. The molecule has 0 aliphatic carbocycles. The van der Waals surface area contributed by atoms with E-state index in [1.807, 2.05) is 42.5 Å². The van der Waals surface area contributed by atoms with Crippen LogP contribution in [0.1, 0.15) is 17.5 Å². The first kappa shape index (κ1) is 24.9. The molecule has 1 heterocycles. The summed E-state index contributed by atoms with van der Waals surface area (Å²) in [5.41, 5.74) is 7.33. The van der Waals surface area contributed by atoms with Gasteiger partial charge in [-0.05, 0) is 41.8 Å². The van der Waals surface area contributed by atoms with Crippen molar-refractivity contribution in [2.75, 3.05) is 32.0 Å². The lowest BCUT2D eigenvalue weighted by molar-refractivity contribution is -0.120. The molecule has 1 fully saturated rings. The summed E-state index contributed by atoms with van der Waals surface area (Å²) in [6.45, 7) is 3.43. The second-order valence-corrected chi connectivity index (χ2v) is 9.54. The number of carbonyl (C=O) groups is 2. The fourth-order valence-corrected chi connectivity index (χ4v) is 4.44. The maximum Gasteiger partial charge on any atom is 0.230 e. The van der Waals surface area contributed by atoms with Gasteiger partial charge in [-0.25, -0.2) is 0 Å². The number of halogens is 2. The standard InChI is InChI=1S/C23H27Cl2N3O3S/c24-20-7-3-17(11-21(20)25)13-28-9-10-31-18(14-28)12-27-23(30)15-32-19-5-1-16(2-6-19)4-8-22(26)29/h1-3,5-7,11,18H,4,8-10,12-15H2,(H2,26,29)(H,27,30). The van der Waals surface area contributed by atoms with Gasteiger partial charge in [-0.2, -0.15) is 0 Å². The Morgan fingerprint density at radius 2 is 1.88 bits per heavy atom. The minimum Gasteiger partial charge on any atom is -0.374 e. The first-order valence-corrected chi connectivity index (χ1v) is 12.2. The number of nitrogens with one attached hydrogen (secondary N) is 1. The van der Waals surface area contributed by atoms with Crippen LogP contribution in [0.15, 0.2) is 47.4 Å². The van der Waals surface area contributed by atoms with Crippen molar-refractivity contribution in [2.45, 2.75) is 30.4 Å². The summed E-state index contributed by atoms with van der Waals surface area (Å²) in [5, 5.41) is 4.07. The van der Waals surface area contributed by atoms with E-state index < -0.39 is 0 Å². The van der Waals surface area contributed by atoms with Crippen molar-refractivity contribution in [3.63, 3.8) is 0 Å². The van der Waals surface area contributed by atoms with Gasteiger partial charge in [-0.1, -0.05) is 41.4 Å². The van der Waals surface area contributed by atoms with Crippen LogP contribution in [0.2, 0.25) is 10.0 Å². The first-order chi connectivity index (χ1) is 15.4. The van der Waals surface area contributed by atoms with Crippen LogP contribution in [-0.2, 0) is 27.3 Å². The van der Waals surface area contributed by atoms with E-state index in [-0.39, 0.29) is 17.9 Å². The summed E-state index contributed by atoms with van der Waals surface area (Å²) in [6, 6.07) is 13.5. The minimum atomic E-state index is -0.306. The molecule has 2 aromatic carbocycles. The van der Waals surface area contributed by atoms with E-state index in [4.69, 9.17) is 33.7 Å². The first-order valence-electron chi connectivity index (χ1n) is 10.4. The lowest BCUT2D eigenvalue weighted by Gasteiger charge is -2.33. The Morgan fingerprint density at radius 3 is 2.59 bits per heavy atom. The summed E-state index contributed by atoms with van der Waals surface area (Å²) in [4.78, 5) is 26.4. The molecule has 1 aliphatic rings. The zero-order valence-electron chi connectivity index (χ0n) is 17.7. The molecule has 2 aromatic rings. The zero-order valence-corrected chi connectivity index (χ0v) is 20.0. The Bertz CT molecular complexity index is 927. The average Bonchev–Trinajstić information content (AvgIpc) is 2.78. The van der Waals surface area contributed by atoms with E-state index in [1.54, 1.807) is 0 Å². The molecule has 0 saturated carbocycles. The molecule has 0 spiro atoms. The second-order valence-electron chi connectivity index (χ2n) is 7.68. The van der Waals surface area contributed by atoms with E-state index >= 15 is 0 Å². The van der Waals surface area contributed by atoms with Gasteiger partial charge in [0.2, 0.25) is 11.8 Å². The van der Waals surface area contributed by atoms with Crippen LogP contribution in [-0.4, -0.2) is 54.8 Å². The Kier molecular flexibility index (Phi) is 9.69. The molecule has 1 unspecified atom stereocenters. The maximum atomic E-state index is 12.3. The molecule has 1 aliphatic heterocycles. The van der Waals surface area contributed by atoms with E-state index in [0.717, 1.165) is 35.7 Å². The van der Waals surface area contributed by atoms with Crippen molar-refractivity contribution in [1.29, 1.82) is 0 Å². The van der Waals surface area contributed by atoms with Crippen molar-refractivity contribution in [2.24, 2.45) is 5.73 Å². The van der Waals surface area contributed by atoms with Gasteiger partial charge >= 0.3 is 0 Å². The van der Waals surface area contributed by atoms with E-state index in [1.165, 1.54) is 11.8 Å². The number of hydrogen-bond acceptors (Lipinski definition) is 5. The number of hydrogen-bond donors (Lipinski definition) is 2. The predicted molar refractivity (Wildman–Crippen MR) is 129 cm³/mol. The highest BCUT2D eigenvalue weighted by atomic mass is 35.5. The largest absolute Gasteiger partial charge is 0.374 e. The van der Waals surface area contributed by atoms with Crippen molar-refractivity contribution in [3.05, 3.63) is 63.6 Å². The Hall–Kier alpha value is -1.77. The van der Waals surface area contributed by atoms with Gasteiger partial charge in [-0.15, -0.1) is 11.8 Å².